The number of carbonyl (C=O) groups excluding carboxylic acids is 2. The van der Waals surface area contributed by atoms with E-state index in [1.165, 1.54) is 32.1 Å². The summed E-state index contributed by atoms with van der Waals surface area (Å²) in [5.74, 6) is 0.319. The summed E-state index contributed by atoms with van der Waals surface area (Å²) in [7, 11) is 4.03. The Labute approximate surface area is 209 Å². The molecule has 2 atom stereocenters. The first kappa shape index (κ1) is 25.2. The molecule has 6 nitrogen and oxygen atoms in total. The number of nitrogens with two attached hydrogens (primary N) is 1. The van der Waals surface area contributed by atoms with E-state index < -0.39 is 12.1 Å². The normalized spacial score (nSPS) is 19.7. The molecular formula is C29H40N4O2. The number of nitrogens with zero attached hydrogens (tertiary/aromatic N) is 2. The Bertz CT molecular complexity index is 998. The zero-order chi connectivity index (χ0) is 24.8. The second-order valence-electron chi connectivity index (χ2n) is 10.4. The number of primary amides is 1. The van der Waals surface area contributed by atoms with Gasteiger partial charge in [-0.15, -0.1) is 0 Å². The van der Waals surface area contributed by atoms with Crippen molar-refractivity contribution in [3.05, 3.63) is 59.7 Å². The van der Waals surface area contributed by atoms with E-state index in [-0.39, 0.29) is 11.8 Å². The number of benzene rings is 2. The van der Waals surface area contributed by atoms with Crippen molar-refractivity contribution in [3.63, 3.8) is 0 Å². The van der Waals surface area contributed by atoms with E-state index in [0.29, 0.717) is 25.3 Å². The molecule has 3 N–H and O–H groups in total. The minimum Gasteiger partial charge on any atom is -0.378 e. The second kappa shape index (κ2) is 11.7. The van der Waals surface area contributed by atoms with Crippen molar-refractivity contribution in [1.82, 2.24) is 5.32 Å². The molecule has 2 aromatic rings. The fourth-order valence-corrected chi connectivity index (χ4v) is 5.54. The van der Waals surface area contributed by atoms with Crippen LogP contribution in [-0.4, -0.2) is 38.0 Å². The van der Waals surface area contributed by atoms with Crippen LogP contribution in [-0.2, 0) is 22.6 Å². The molecule has 0 radical (unpaired) electrons. The third-order valence-corrected chi connectivity index (χ3v) is 7.68. The topological polar surface area (TPSA) is 78.7 Å². The number of amides is 2. The summed E-state index contributed by atoms with van der Waals surface area (Å²) in [6.07, 6.45) is 9.48. The molecule has 2 aromatic carbocycles. The Kier molecular flexibility index (Phi) is 8.45. The molecule has 188 valence electrons. The van der Waals surface area contributed by atoms with Gasteiger partial charge in [0.05, 0.1) is 18.6 Å². The number of nitrogens with one attached hydrogen (secondary N) is 1. The summed E-state index contributed by atoms with van der Waals surface area (Å²) >= 11 is 0. The maximum atomic E-state index is 13.9. The molecule has 1 heterocycles. The third-order valence-electron chi connectivity index (χ3n) is 7.68. The molecule has 2 aliphatic rings. The zero-order valence-corrected chi connectivity index (χ0v) is 21.2. The van der Waals surface area contributed by atoms with Crippen LogP contribution in [0.15, 0.2) is 48.5 Å². The number of hydrogen-bond acceptors (Lipinski definition) is 4. The fraction of sp³-hybridized carbons (Fsp3) is 0.517. The standard InChI is InChI=1S/C29H40N4O2/c1-32(2)24-16-12-22(13-17-24)20-33-27-11-7-6-10-23(27)15-19-26(29(33)35)31-25(28(30)34)18-14-21-8-4-3-5-9-21/h6-7,10-13,16-17,21,25-26,31H,3-5,8-9,14-15,18-20H2,1-2H3,(H2,30,34)/t25-,26-/m0/s1. The quantitative estimate of drug-likeness (QED) is 0.562. The summed E-state index contributed by atoms with van der Waals surface area (Å²) < 4.78 is 0. The van der Waals surface area contributed by atoms with Crippen LogP contribution in [0.3, 0.4) is 0 Å². The molecule has 1 aliphatic carbocycles. The van der Waals surface area contributed by atoms with Crippen LogP contribution in [0.5, 0.6) is 0 Å². The first-order valence-electron chi connectivity index (χ1n) is 13.1. The molecule has 0 unspecified atom stereocenters. The van der Waals surface area contributed by atoms with E-state index in [1.54, 1.807) is 0 Å². The van der Waals surface area contributed by atoms with Crippen molar-refractivity contribution >= 4 is 23.2 Å². The Morgan fingerprint density at radius 1 is 1.06 bits per heavy atom. The van der Waals surface area contributed by atoms with Gasteiger partial charge in [-0.05, 0) is 60.9 Å². The van der Waals surface area contributed by atoms with Crippen molar-refractivity contribution in [2.24, 2.45) is 11.7 Å². The minimum absolute atomic E-state index is 0.00977. The Balaban J connectivity index is 1.51. The lowest BCUT2D eigenvalue weighted by Gasteiger charge is -2.29. The van der Waals surface area contributed by atoms with Crippen LogP contribution in [0.25, 0.3) is 0 Å². The molecule has 35 heavy (non-hydrogen) atoms. The second-order valence-corrected chi connectivity index (χ2v) is 10.4. The van der Waals surface area contributed by atoms with Gasteiger partial charge in [-0.2, -0.15) is 0 Å². The lowest BCUT2D eigenvalue weighted by atomic mass is 9.85. The SMILES string of the molecule is CN(C)c1ccc(CN2C(=O)[C@@H](N[C@@H](CCC3CCCCC3)C(N)=O)CCc3ccccc32)cc1. The van der Waals surface area contributed by atoms with Gasteiger partial charge in [0.1, 0.15) is 0 Å². The molecule has 1 saturated carbocycles. The average Bonchev–Trinajstić information content (AvgIpc) is 2.99. The van der Waals surface area contributed by atoms with Gasteiger partial charge < -0.3 is 15.5 Å². The largest absolute Gasteiger partial charge is 0.378 e. The van der Waals surface area contributed by atoms with Crippen LogP contribution in [0.4, 0.5) is 11.4 Å². The predicted molar refractivity (Wildman–Crippen MR) is 142 cm³/mol. The van der Waals surface area contributed by atoms with Crippen LogP contribution in [0.1, 0.15) is 62.5 Å². The first-order valence-corrected chi connectivity index (χ1v) is 13.1. The van der Waals surface area contributed by atoms with Gasteiger partial charge in [0.2, 0.25) is 11.8 Å². The number of fused-ring (bicyclic) bond motifs is 1. The van der Waals surface area contributed by atoms with E-state index in [0.717, 1.165) is 35.3 Å². The van der Waals surface area contributed by atoms with Crippen molar-refractivity contribution in [2.45, 2.75) is 76.4 Å². The summed E-state index contributed by atoms with van der Waals surface area (Å²) in [4.78, 5) is 30.1. The molecule has 2 amide bonds. The highest BCUT2D eigenvalue weighted by Gasteiger charge is 2.33. The summed E-state index contributed by atoms with van der Waals surface area (Å²) in [5.41, 5.74) is 10.1. The van der Waals surface area contributed by atoms with E-state index in [9.17, 15) is 9.59 Å². The molecular weight excluding hydrogens is 436 g/mol. The number of para-hydroxylation sites is 1. The van der Waals surface area contributed by atoms with E-state index in [1.807, 2.05) is 37.2 Å². The number of hydrogen-bond donors (Lipinski definition) is 2. The van der Waals surface area contributed by atoms with Gasteiger partial charge in [-0.25, -0.2) is 0 Å². The average molecular weight is 477 g/mol. The van der Waals surface area contributed by atoms with Gasteiger partial charge >= 0.3 is 0 Å². The highest BCUT2D eigenvalue weighted by molar-refractivity contribution is 5.99. The highest BCUT2D eigenvalue weighted by atomic mass is 16.2. The smallest absolute Gasteiger partial charge is 0.244 e. The van der Waals surface area contributed by atoms with Crippen molar-refractivity contribution in [1.29, 1.82) is 0 Å². The Morgan fingerprint density at radius 2 is 1.77 bits per heavy atom. The fourth-order valence-electron chi connectivity index (χ4n) is 5.54. The van der Waals surface area contributed by atoms with E-state index in [4.69, 9.17) is 5.73 Å². The maximum absolute atomic E-state index is 13.9. The molecule has 0 saturated heterocycles. The monoisotopic (exact) mass is 476 g/mol. The van der Waals surface area contributed by atoms with Gasteiger partial charge in [0.15, 0.2) is 0 Å². The molecule has 0 bridgehead atoms. The number of anilines is 2. The molecule has 0 spiro atoms. The van der Waals surface area contributed by atoms with Crippen LogP contribution < -0.4 is 20.9 Å². The summed E-state index contributed by atoms with van der Waals surface area (Å²) in [5, 5.41) is 3.39. The Hall–Kier alpha value is -2.86. The van der Waals surface area contributed by atoms with Gasteiger partial charge in [-0.3, -0.25) is 14.9 Å². The molecule has 0 aromatic heterocycles. The van der Waals surface area contributed by atoms with Crippen LogP contribution in [0, 0.1) is 5.92 Å². The number of aryl methyl sites for hydroxylation is 1. The van der Waals surface area contributed by atoms with Crippen molar-refractivity contribution < 1.29 is 9.59 Å². The number of rotatable bonds is 9. The molecule has 1 fully saturated rings. The number of carbonyl (C=O) groups is 2. The maximum Gasteiger partial charge on any atom is 0.244 e. The first-order chi connectivity index (χ1) is 16.9. The van der Waals surface area contributed by atoms with Gasteiger partial charge in [0.25, 0.3) is 0 Å². The third kappa shape index (κ3) is 6.43. The lowest BCUT2D eigenvalue weighted by molar-refractivity contribution is -0.123. The zero-order valence-electron chi connectivity index (χ0n) is 21.2. The molecule has 1 aliphatic heterocycles. The molecule has 4 rings (SSSR count). The predicted octanol–water partition coefficient (Wildman–Crippen LogP) is 4.40. The van der Waals surface area contributed by atoms with E-state index in [2.05, 4.69) is 40.5 Å². The minimum atomic E-state index is -0.478. The van der Waals surface area contributed by atoms with Crippen molar-refractivity contribution in [3.8, 4) is 0 Å². The highest BCUT2D eigenvalue weighted by Crippen LogP contribution is 2.30. The van der Waals surface area contributed by atoms with Crippen LogP contribution in [0.2, 0.25) is 0 Å². The lowest BCUT2D eigenvalue weighted by Crippen LogP contribution is -2.53. The molecule has 6 heteroatoms. The summed E-state index contributed by atoms with van der Waals surface area (Å²) in [6.45, 7) is 0.491. The van der Waals surface area contributed by atoms with Gasteiger partial charge in [0, 0.05) is 25.5 Å². The van der Waals surface area contributed by atoms with Crippen LogP contribution >= 0.6 is 0 Å². The van der Waals surface area contributed by atoms with Crippen molar-refractivity contribution in [2.75, 3.05) is 23.9 Å². The van der Waals surface area contributed by atoms with Gasteiger partial charge in [-0.1, -0.05) is 62.4 Å². The summed E-state index contributed by atoms with van der Waals surface area (Å²) in [6, 6.07) is 15.5. The van der Waals surface area contributed by atoms with E-state index >= 15 is 0 Å². The Morgan fingerprint density at radius 3 is 2.46 bits per heavy atom.